The van der Waals surface area contributed by atoms with Crippen molar-refractivity contribution in [3.63, 3.8) is 0 Å². The van der Waals surface area contributed by atoms with Crippen molar-refractivity contribution in [1.29, 1.82) is 0 Å². The Morgan fingerprint density at radius 3 is 2.33 bits per heavy atom. The second-order valence-electron chi connectivity index (χ2n) is 6.81. The highest BCUT2D eigenvalue weighted by molar-refractivity contribution is 7.92. The van der Waals surface area contributed by atoms with Crippen LogP contribution in [0.3, 0.4) is 0 Å². The second-order valence-corrected chi connectivity index (χ2v) is 8.49. The van der Waals surface area contributed by atoms with Crippen LogP contribution < -0.4 is 9.46 Å². The number of carbonyl (C=O) groups excluding carboxylic acids is 1. The number of hydrogen-bond donors (Lipinski definition) is 1. The Hall–Kier alpha value is -4.18. The van der Waals surface area contributed by atoms with E-state index in [9.17, 15) is 13.2 Å². The Morgan fingerprint density at radius 1 is 0.970 bits per heavy atom. The predicted octanol–water partition coefficient (Wildman–Crippen LogP) is 3.90. The van der Waals surface area contributed by atoms with Crippen molar-refractivity contribution >= 4 is 21.7 Å². The standard InChI is InChI=1S/C23H19N3O6S/c1-30-19-11-7-16(8-12-19)22-24-21(32-25-22)15-31-23(27)17-9-13-20(14-10-17)33(28,29)26-18-5-3-2-4-6-18/h2-14,26H,15H2,1H3. The maximum Gasteiger partial charge on any atom is 0.338 e. The molecule has 0 aliphatic heterocycles. The lowest BCUT2D eigenvalue weighted by Crippen LogP contribution is -2.13. The number of aromatic nitrogens is 2. The highest BCUT2D eigenvalue weighted by atomic mass is 32.2. The van der Waals surface area contributed by atoms with Crippen LogP contribution in [0.5, 0.6) is 5.75 Å². The normalized spacial score (nSPS) is 11.1. The number of carbonyl (C=O) groups is 1. The molecule has 0 aliphatic rings. The Balaban J connectivity index is 1.37. The Morgan fingerprint density at radius 2 is 1.67 bits per heavy atom. The lowest BCUT2D eigenvalue weighted by atomic mass is 10.2. The summed E-state index contributed by atoms with van der Waals surface area (Å²) in [5.41, 5.74) is 1.34. The molecule has 3 aromatic carbocycles. The molecule has 4 aromatic rings. The number of nitrogens with zero attached hydrogens (tertiary/aromatic N) is 2. The number of benzene rings is 3. The molecule has 0 spiro atoms. The summed E-state index contributed by atoms with van der Waals surface area (Å²) in [6.45, 7) is -0.225. The number of hydrogen-bond acceptors (Lipinski definition) is 8. The zero-order valence-corrected chi connectivity index (χ0v) is 18.3. The first-order valence-corrected chi connectivity index (χ1v) is 11.2. The van der Waals surface area contributed by atoms with E-state index in [0.717, 1.165) is 5.56 Å². The van der Waals surface area contributed by atoms with Gasteiger partial charge in [0, 0.05) is 11.3 Å². The van der Waals surface area contributed by atoms with E-state index < -0.39 is 16.0 Å². The molecular weight excluding hydrogens is 446 g/mol. The topological polar surface area (TPSA) is 121 Å². The lowest BCUT2D eigenvalue weighted by Gasteiger charge is -2.08. The molecule has 0 saturated carbocycles. The third kappa shape index (κ3) is 5.36. The Kier molecular flexibility index (Phi) is 6.36. The smallest absolute Gasteiger partial charge is 0.338 e. The number of para-hydroxylation sites is 1. The van der Waals surface area contributed by atoms with Gasteiger partial charge in [-0.3, -0.25) is 4.72 Å². The van der Waals surface area contributed by atoms with Gasteiger partial charge in [-0.1, -0.05) is 23.4 Å². The molecule has 0 aliphatic carbocycles. The van der Waals surface area contributed by atoms with E-state index in [4.69, 9.17) is 14.0 Å². The van der Waals surface area contributed by atoms with E-state index in [1.165, 1.54) is 24.3 Å². The van der Waals surface area contributed by atoms with Gasteiger partial charge in [0.2, 0.25) is 5.82 Å². The fourth-order valence-electron chi connectivity index (χ4n) is 2.87. The number of ether oxygens (including phenoxy) is 2. The van der Waals surface area contributed by atoms with Crippen molar-refractivity contribution in [3.05, 3.63) is 90.3 Å². The first kappa shape index (κ1) is 22.0. The SMILES string of the molecule is COc1ccc(-c2noc(COC(=O)c3ccc(S(=O)(=O)Nc4ccccc4)cc3)n2)cc1. The summed E-state index contributed by atoms with van der Waals surface area (Å²) >= 11 is 0. The number of esters is 1. The molecular formula is C23H19N3O6S. The van der Waals surface area contributed by atoms with Crippen LogP contribution in [0.2, 0.25) is 0 Å². The van der Waals surface area contributed by atoms with Crippen molar-refractivity contribution in [2.75, 3.05) is 11.8 Å². The summed E-state index contributed by atoms with van der Waals surface area (Å²) in [5, 5.41) is 3.87. The van der Waals surface area contributed by atoms with Gasteiger partial charge in [0.05, 0.1) is 17.6 Å². The fourth-order valence-corrected chi connectivity index (χ4v) is 3.93. The van der Waals surface area contributed by atoms with Crippen molar-refractivity contribution in [2.45, 2.75) is 11.5 Å². The largest absolute Gasteiger partial charge is 0.497 e. The summed E-state index contributed by atoms with van der Waals surface area (Å²) in [6, 6.07) is 21.0. The van der Waals surface area contributed by atoms with Gasteiger partial charge in [-0.05, 0) is 60.7 Å². The summed E-state index contributed by atoms with van der Waals surface area (Å²) in [6.07, 6.45) is 0. The molecule has 10 heteroatoms. The molecule has 1 aromatic heterocycles. The van der Waals surface area contributed by atoms with E-state index in [1.807, 2.05) is 0 Å². The van der Waals surface area contributed by atoms with Crippen molar-refractivity contribution in [1.82, 2.24) is 10.1 Å². The maximum absolute atomic E-state index is 12.5. The van der Waals surface area contributed by atoms with Gasteiger partial charge in [-0.15, -0.1) is 0 Å². The number of methoxy groups -OCH3 is 1. The molecule has 0 amide bonds. The van der Waals surface area contributed by atoms with Gasteiger partial charge < -0.3 is 14.0 Å². The third-order valence-electron chi connectivity index (χ3n) is 4.57. The third-order valence-corrected chi connectivity index (χ3v) is 5.97. The summed E-state index contributed by atoms with van der Waals surface area (Å²) in [7, 11) is -2.21. The average Bonchev–Trinajstić information content (AvgIpc) is 3.32. The average molecular weight is 465 g/mol. The van der Waals surface area contributed by atoms with E-state index in [0.29, 0.717) is 17.3 Å². The molecule has 1 heterocycles. The first-order valence-electron chi connectivity index (χ1n) is 9.77. The molecule has 0 fully saturated rings. The molecule has 0 bridgehead atoms. The minimum Gasteiger partial charge on any atom is -0.497 e. The van der Waals surface area contributed by atoms with Crippen LogP contribution >= 0.6 is 0 Å². The van der Waals surface area contributed by atoms with E-state index in [-0.39, 0.29) is 23.0 Å². The lowest BCUT2D eigenvalue weighted by molar-refractivity contribution is 0.0429. The maximum atomic E-state index is 12.5. The molecule has 9 nitrogen and oxygen atoms in total. The Bertz CT molecular complexity index is 1340. The number of nitrogens with one attached hydrogen (secondary N) is 1. The monoisotopic (exact) mass is 465 g/mol. The van der Waals surface area contributed by atoms with Crippen LogP contribution in [0.1, 0.15) is 16.2 Å². The quantitative estimate of drug-likeness (QED) is 0.389. The highest BCUT2D eigenvalue weighted by Gasteiger charge is 2.17. The van der Waals surface area contributed by atoms with Crippen molar-refractivity contribution in [2.24, 2.45) is 0 Å². The van der Waals surface area contributed by atoms with Crippen LogP contribution in [0, 0.1) is 0 Å². The minimum atomic E-state index is -3.78. The predicted molar refractivity (Wildman–Crippen MR) is 119 cm³/mol. The van der Waals surface area contributed by atoms with E-state index in [1.54, 1.807) is 61.7 Å². The molecule has 0 radical (unpaired) electrons. The number of rotatable bonds is 8. The van der Waals surface area contributed by atoms with Gasteiger partial charge in [0.1, 0.15) is 5.75 Å². The van der Waals surface area contributed by atoms with Crippen LogP contribution in [-0.4, -0.2) is 31.6 Å². The Labute approximate surface area is 190 Å². The van der Waals surface area contributed by atoms with Gasteiger partial charge >= 0.3 is 5.97 Å². The van der Waals surface area contributed by atoms with Crippen LogP contribution in [0.4, 0.5) is 5.69 Å². The highest BCUT2D eigenvalue weighted by Crippen LogP contribution is 2.20. The molecule has 0 unspecified atom stereocenters. The van der Waals surface area contributed by atoms with Gasteiger partial charge in [0.15, 0.2) is 6.61 Å². The van der Waals surface area contributed by atoms with Crippen molar-refractivity contribution in [3.8, 4) is 17.1 Å². The molecule has 0 saturated heterocycles. The van der Waals surface area contributed by atoms with Crippen LogP contribution in [0.15, 0.2) is 88.3 Å². The molecule has 4 rings (SSSR count). The second kappa shape index (κ2) is 9.53. The van der Waals surface area contributed by atoms with E-state index in [2.05, 4.69) is 14.9 Å². The minimum absolute atomic E-state index is 0.0175. The fraction of sp³-hybridized carbons (Fsp3) is 0.0870. The van der Waals surface area contributed by atoms with Crippen molar-refractivity contribution < 1.29 is 27.2 Å². The molecule has 168 valence electrons. The summed E-state index contributed by atoms with van der Waals surface area (Å²) < 4.78 is 42.9. The van der Waals surface area contributed by atoms with Gasteiger partial charge in [0.25, 0.3) is 15.9 Å². The zero-order chi connectivity index (χ0) is 23.3. The zero-order valence-electron chi connectivity index (χ0n) is 17.5. The summed E-state index contributed by atoms with van der Waals surface area (Å²) in [4.78, 5) is 16.5. The number of sulfonamides is 1. The summed E-state index contributed by atoms with van der Waals surface area (Å²) in [5.74, 6) is 0.523. The van der Waals surface area contributed by atoms with Gasteiger partial charge in [-0.25, -0.2) is 13.2 Å². The van der Waals surface area contributed by atoms with Gasteiger partial charge in [-0.2, -0.15) is 4.98 Å². The number of anilines is 1. The first-order chi connectivity index (χ1) is 15.9. The molecule has 1 N–H and O–H groups in total. The molecule has 33 heavy (non-hydrogen) atoms. The van der Waals surface area contributed by atoms with E-state index >= 15 is 0 Å². The van der Waals surface area contributed by atoms with Crippen LogP contribution in [-0.2, 0) is 21.4 Å². The van der Waals surface area contributed by atoms with Crippen LogP contribution in [0.25, 0.3) is 11.4 Å². The molecule has 0 atom stereocenters.